The Balaban J connectivity index is 1.48. The minimum absolute atomic E-state index is 0.0603. The summed E-state index contributed by atoms with van der Waals surface area (Å²) in [6.45, 7) is 5.64. The normalized spacial score (nSPS) is 30.2. The van der Waals surface area contributed by atoms with Crippen LogP contribution in [-0.4, -0.2) is 71.7 Å². The molecule has 146 valence electrons. The van der Waals surface area contributed by atoms with Gasteiger partial charge in [-0.3, -0.25) is 14.4 Å². The number of piperazine rings is 1. The van der Waals surface area contributed by atoms with E-state index in [-0.39, 0.29) is 17.7 Å². The maximum Gasteiger partial charge on any atom is 0.225 e. The molecule has 26 heavy (non-hydrogen) atoms. The van der Waals surface area contributed by atoms with Gasteiger partial charge in [-0.2, -0.15) is 0 Å². The monoisotopic (exact) mass is 363 g/mol. The van der Waals surface area contributed by atoms with E-state index in [0.717, 1.165) is 57.9 Å². The number of amides is 3. The van der Waals surface area contributed by atoms with Gasteiger partial charge in [0.1, 0.15) is 0 Å². The van der Waals surface area contributed by atoms with Crippen molar-refractivity contribution in [2.45, 2.75) is 64.3 Å². The Bertz CT molecular complexity index is 508. The Kier molecular flexibility index (Phi) is 6.54. The molecule has 2 heterocycles. The molecule has 1 atom stereocenters. The molecule has 0 aromatic rings. The Labute approximate surface area is 156 Å². The lowest BCUT2D eigenvalue weighted by atomic mass is 9.80. The average molecular weight is 364 g/mol. The molecular weight excluding hydrogens is 330 g/mol. The molecule has 0 bridgehead atoms. The zero-order chi connectivity index (χ0) is 18.5. The van der Waals surface area contributed by atoms with Gasteiger partial charge in [-0.25, -0.2) is 0 Å². The molecule has 2 saturated heterocycles. The molecular formula is C20H33N3O3. The van der Waals surface area contributed by atoms with Gasteiger partial charge in [0.15, 0.2) is 0 Å². The van der Waals surface area contributed by atoms with Crippen molar-refractivity contribution >= 4 is 18.2 Å². The highest BCUT2D eigenvalue weighted by molar-refractivity contribution is 5.81. The molecule has 1 aliphatic carbocycles. The van der Waals surface area contributed by atoms with Crippen LogP contribution in [0.5, 0.6) is 0 Å². The van der Waals surface area contributed by atoms with Crippen LogP contribution in [0.1, 0.15) is 58.3 Å². The van der Waals surface area contributed by atoms with Crippen molar-refractivity contribution in [1.29, 1.82) is 0 Å². The summed E-state index contributed by atoms with van der Waals surface area (Å²) in [5.74, 6) is 0.733. The standard InChI is InChI=1S/C20H33N3O3/c1-2-18-5-3-4-10-23(18)20(26)17-8-6-16(7-9-17)19(25)22-13-11-21(15-24)12-14-22/h15-18H,2-14H2,1H3. The van der Waals surface area contributed by atoms with E-state index in [2.05, 4.69) is 11.8 Å². The van der Waals surface area contributed by atoms with E-state index >= 15 is 0 Å². The molecule has 1 unspecified atom stereocenters. The molecule has 0 radical (unpaired) electrons. The van der Waals surface area contributed by atoms with Gasteiger partial charge in [-0.15, -0.1) is 0 Å². The first-order valence-corrected chi connectivity index (χ1v) is 10.4. The predicted octanol–water partition coefficient (Wildman–Crippen LogP) is 1.88. The third-order valence-corrected chi connectivity index (χ3v) is 6.58. The van der Waals surface area contributed by atoms with Crippen molar-refractivity contribution < 1.29 is 14.4 Å². The third kappa shape index (κ3) is 4.21. The Hall–Kier alpha value is -1.59. The van der Waals surface area contributed by atoms with E-state index in [9.17, 15) is 14.4 Å². The summed E-state index contributed by atoms with van der Waals surface area (Å²) < 4.78 is 0. The molecule has 6 heteroatoms. The second kappa shape index (κ2) is 8.87. The topological polar surface area (TPSA) is 60.9 Å². The fraction of sp³-hybridized carbons (Fsp3) is 0.850. The summed E-state index contributed by atoms with van der Waals surface area (Å²) in [4.78, 5) is 42.3. The lowest BCUT2D eigenvalue weighted by Crippen LogP contribution is -2.50. The molecule has 0 N–H and O–H groups in total. The molecule has 3 rings (SSSR count). The highest BCUT2D eigenvalue weighted by Crippen LogP contribution is 2.33. The number of hydrogen-bond acceptors (Lipinski definition) is 3. The summed E-state index contributed by atoms with van der Waals surface area (Å²) >= 11 is 0. The summed E-state index contributed by atoms with van der Waals surface area (Å²) in [6.07, 6.45) is 8.76. The van der Waals surface area contributed by atoms with Crippen LogP contribution in [0.25, 0.3) is 0 Å². The molecule has 0 aromatic carbocycles. The lowest BCUT2D eigenvalue weighted by molar-refractivity contribution is -0.144. The highest BCUT2D eigenvalue weighted by atomic mass is 16.2. The van der Waals surface area contributed by atoms with Gasteiger partial charge in [0.05, 0.1) is 0 Å². The number of carbonyl (C=O) groups excluding carboxylic acids is 3. The van der Waals surface area contributed by atoms with Crippen LogP contribution in [0, 0.1) is 11.8 Å². The van der Waals surface area contributed by atoms with Crippen molar-refractivity contribution in [3.05, 3.63) is 0 Å². The van der Waals surface area contributed by atoms with Gasteiger partial charge >= 0.3 is 0 Å². The largest absolute Gasteiger partial charge is 0.342 e. The van der Waals surface area contributed by atoms with Crippen LogP contribution in [0.2, 0.25) is 0 Å². The van der Waals surface area contributed by atoms with Crippen LogP contribution in [0.15, 0.2) is 0 Å². The molecule has 0 aromatic heterocycles. The fourth-order valence-electron chi connectivity index (χ4n) is 4.84. The smallest absolute Gasteiger partial charge is 0.225 e. The van der Waals surface area contributed by atoms with Gasteiger partial charge in [0.2, 0.25) is 18.2 Å². The third-order valence-electron chi connectivity index (χ3n) is 6.58. The number of rotatable bonds is 4. The molecule has 3 aliphatic rings. The minimum atomic E-state index is 0.0603. The molecule has 3 fully saturated rings. The quantitative estimate of drug-likeness (QED) is 0.717. The average Bonchev–Trinajstić information content (AvgIpc) is 2.73. The summed E-state index contributed by atoms with van der Waals surface area (Å²) in [5.41, 5.74) is 0. The van der Waals surface area contributed by atoms with E-state index in [1.54, 1.807) is 4.90 Å². The van der Waals surface area contributed by atoms with E-state index in [1.807, 2.05) is 4.90 Å². The Morgan fingerprint density at radius 1 is 0.846 bits per heavy atom. The number of likely N-dealkylation sites (tertiary alicyclic amines) is 1. The van der Waals surface area contributed by atoms with Gasteiger partial charge in [-0.1, -0.05) is 6.92 Å². The summed E-state index contributed by atoms with van der Waals surface area (Å²) in [5, 5.41) is 0. The van der Waals surface area contributed by atoms with Crippen molar-refractivity contribution in [2.75, 3.05) is 32.7 Å². The first kappa shape index (κ1) is 19.2. The van der Waals surface area contributed by atoms with Crippen LogP contribution in [0.4, 0.5) is 0 Å². The van der Waals surface area contributed by atoms with Crippen molar-refractivity contribution in [3.8, 4) is 0 Å². The number of nitrogens with zero attached hydrogens (tertiary/aromatic N) is 3. The zero-order valence-corrected chi connectivity index (χ0v) is 16.1. The maximum absolute atomic E-state index is 13.0. The molecule has 3 amide bonds. The van der Waals surface area contributed by atoms with Crippen molar-refractivity contribution in [3.63, 3.8) is 0 Å². The second-order valence-corrected chi connectivity index (χ2v) is 8.10. The Morgan fingerprint density at radius 2 is 1.46 bits per heavy atom. The van der Waals surface area contributed by atoms with E-state index in [1.165, 1.54) is 6.42 Å². The maximum atomic E-state index is 13.0. The van der Waals surface area contributed by atoms with Crippen LogP contribution in [-0.2, 0) is 14.4 Å². The fourth-order valence-corrected chi connectivity index (χ4v) is 4.84. The SMILES string of the molecule is CCC1CCCCN1C(=O)C1CCC(C(=O)N2CCN(C=O)CC2)CC1. The van der Waals surface area contributed by atoms with Gasteiger partial charge in [0.25, 0.3) is 0 Å². The number of piperidine rings is 1. The van der Waals surface area contributed by atoms with Crippen molar-refractivity contribution in [2.24, 2.45) is 11.8 Å². The first-order valence-electron chi connectivity index (χ1n) is 10.4. The van der Waals surface area contributed by atoms with E-state index in [0.29, 0.717) is 38.1 Å². The van der Waals surface area contributed by atoms with E-state index in [4.69, 9.17) is 0 Å². The lowest BCUT2D eigenvalue weighted by Gasteiger charge is -2.40. The number of hydrogen-bond donors (Lipinski definition) is 0. The van der Waals surface area contributed by atoms with Crippen LogP contribution >= 0.6 is 0 Å². The zero-order valence-electron chi connectivity index (χ0n) is 16.1. The molecule has 6 nitrogen and oxygen atoms in total. The van der Waals surface area contributed by atoms with Crippen molar-refractivity contribution in [1.82, 2.24) is 14.7 Å². The number of carbonyl (C=O) groups is 3. The second-order valence-electron chi connectivity index (χ2n) is 8.10. The van der Waals surface area contributed by atoms with Gasteiger partial charge in [-0.05, 0) is 51.4 Å². The van der Waals surface area contributed by atoms with Crippen LogP contribution < -0.4 is 0 Å². The molecule has 2 aliphatic heterocycles. The van der Waals surface area contributed by atoms with E-state index < -0.39 is 0 Å². The summed E-state index contributed by atoms with van der Waals surface area (Å²) in [7, 11) is 0. The van der Waals surface area contributed by atoms with Gasteiger partial charge in [0, 0.05) is 50.6 Å². The van der Waals surface area contributed by atoms with Gasteiger partial charge < -0.3 is 14.7 Å². The minimum Gasteiger partial charge on any atom is -0.342 e. The first-order chi connectivity index (χ1) is 12.6. The Morgan fingerprint density at radius 3 is 2.04 bits per heavy atom. The predicted molar refractivity (Wildman–Crippen MR) is 99.3 cm³/mol. The van der Waals surface area contributed by atoms with Crippen LogP contribution in [0.3, 0.4) is 0 Å². The highest BCUT2D eigenvalue weighted by Gasteiger charge is 2.36. The molecule has 1 saturated carbocycles. The molecule has 0 spiro atoms. The summed E-state index contributed by atoms with van der Waals surface area (Å²) in [6, 6.07) is 0.421.